The molecule has 3 aromatic rings. The first-order valence-electron chi connectivity index (χ1n) is 11.8. The first kappa shape index (κ1) is 23.3. The number of aromatic nitrogens is 1. The minimum Gasteiger partial charge on any atom is -0.486 e. The summed E-state index contributed by atoms with van der Waals surface area (Å²) in [6.45, 7) is 8.12. The van der Waals surface area contributed by atoms with Crippen molar-refractivity contribution in [3.8, 4) is 17.0 Å². The number of hydrogen-bond acceptors (Lipinski definition) is 6. The Hall–Kier alpha value is -3.46. The molecule has 0 amide bonds. The number of nitrogens with one attached hydrogen (secondary N) is 2. The van der Waals surface area contributed by atoms with Gasteiger partial charge in [-0.3, -0.25) is 0 Å². The molecule has 35 heavy (non-hydrogen) atoms. The number of fused-ring (bicyclic) bond motifs is 1. The number of ether oxygens (including phenoxy) is 1. The fourth-order valence-electron chi connectivity index (χ4n) is 4.58. The second kappa shape index (κ2) is 9.65. The Morgan fingerprint density at radius 1 is 0.914 bits per heavy atom. The molecule has 1 aromatic heterocycles. The van der Waals surface area contributed by atoms with Gasteiger partial charge in [-0.05, 0) is 56.3 Å². The van der Waals surface area contributed by atoms with Crippen molar-refractivity contribution < 1.29 is 17.9 Å². The van der Waals surface area contributed by atoms with Crippen molar-refractivity contribution in [1.29, 1.82) is 0 Å². The topological polar surface area (TPSA) is 52.7 Å². The Morgan fingerprint density at radius 2 is 1.71 bits per heavy atom. The van der Waals surface area contributed by atoms with Crippen LogP contribution in [0.15, 0.2) is 42.5 Å². The third-order valence-corrected chi connectivity index (χ3v) is 6.33. The Balaban J connectivity index is 1.43. The molecule has 0 radical (unpaired) electrons. The van der Waals surface area contributed by atoms with Crippen LogP contribution in [0.3, 0.4) is 0 Å². The second-order valence-electron chi connectivity index (χ2n) is 9.00. The monoisotopic (exact) mass is 483 g/mol. The maximum Gasteiger partial charge on any atom is 0.178 e. The molecule has 2 N–H and O–H groups in total. The Labute approximate surface area is 202 Å². The highest BCUT2D eigenvalue weighted by Crippen LogP contribution is 2.39. The van der Waals surface area contributed by atoms with E-state index in [-0.39, 0.29) is 23.3 Å². The third-order valence-electron chi connectivity index (χ3n) is 6.33. The first-order chi connectivity index (χ1) is 16.9. The second-order valence-corrected chi connectivity index (χ2v) is 9.00. The fourth-order valence-corrected chi connectivity index (χ4v) is 4.58. The maximum absolute atomic E-state index is 14.9. The Bertz CT molecular complexity index is 1230. The van der Waals surface area contributed by atoms with Gasteiger partial charge in [0, 0.05) is 43.5 Å². The van der Waals surface area contributed by atoms with Gasteiger partial charge in [0.2, 0.25) is 0 Å². The number of hydrogen-bond donors (Lipinski definition) is 2. The molecular weight excluding hydrogens is 455 g/mol. The zero-order valence-electron chi connectivity index (χ0n) is 19.7. The number of piperazine rings is 1. The zero-order chi connectivity index (χ0) is 24.5. The van der Waals surface area contributed by atoms with E-state index in [2.05, 4.69) is 15.6 Å². The lowest BCUT2D eigenvalue weighted by Crippen LogP contribution is -2.43. The highest BCUT2D eigenvalue weighted by molar-refractivity contribution is 5.74. The highest BCUT2D eigenvalue weighted by atomic mass is 19.1. The average molecular weight is 484 g/mol. The predicted molar refractivity (Wildman–Crippen MR) is 132 cm³/mol. The number of pyridine rings is 1. The predicted octanol–water partition coefficient (Wildman–Crippen LogP) is 4.93. The van der Waals surface area contributed by atoms with Gasteiger partial charge in [-0.2, -0.15) is 0 Å². The van der Waals surface area contributed by atoms with Crippen molar-refractivity contribution >= 4 is 22.9 Å². The van der Waals surface area contributed by atoms with Crippen molar-refractivity contribution in [2.45, 2.75) is 19.9 Å². The smallest absolute Gasteiger partial charge is 0.178 e. The van der Waals surface area contributed by atoms with Crippen LogP contribution < -0.4 is 25.2 Å². The molecule has 2 aliphatic rings. The standard InChI is InChI=1S/C26H28F3N5O/c1-16(2)34-11-12-35-26-21(29)13-17(14-23(26)34)25-19(27)4-6-24(32-25)31-18-3-5-22(20(28)15-18)33-9-7-30-8-10-33/h3-6,13-16,30H,7-12H2,1-2H3,(H,31,32). The lowest BCUT2D eigenvalue weighted by Gasteiger charge is -2.34. The number of benzene rings is 2. The van der Waals surface area contributed by atoms with Gasteiger partial charge in [-0.1, -0.05) is 0 Å². The minimum absolute atomic E-state index is 0.00360. The molecular formula is C26H28F3N5O. The molecule has 0 bridgehead atoms. The van der Waals surface area contributed by atoms with Crippen molar-refractivity contribution in [1.82, 2.24) is 10.3 Å². The van der Waals surface area contributed by atoms with Crippen LogP contribution in [-0.4, -0.2) is 50.4 Å². The van der Waals surface area contributed by atoms with E-state index in [9.17, 15) is 13.2 Å². The lowest BCUT2D eigenvalue weighted by atomic mass is 10.1. The first-order valence-corrected chi connectivity index (χ1v) is 11.8. The van der Waals surface area contributed by atoms with E-state index in [1.54, 1.807) is 18.2 Å². The van der Waals surface area contributed by atoms with E-state index in [1.165, 1.54) is 24.3 Å². The lowest BCUT2D eigenvalue weighted by molar-refractivity contribution is 0.287. The largest absolute Gasteiger partial charge is 0.486 e. The fraction of sp³-hybridized carbons (Fsp3) is 0.346. The van der Waals surface area contributed by atoms with Crippen molar-refractivity contribution in [3.63, 3.8) is 0 Å². The summed E-state index contributed by atoms with van der Waals surface area (Å²) in [7, 11) is 0. The molecule has 5 rings (SSSR count). The van der Waals surface area contributed by atoms with Crippen LogP contribution >= 0.6 is 0 Å². The molecule has 3 heterocycles. The molecule has 0 unspecified atom stereocenters. The number of rotatable bonds is 5. The van der Waals surface area contributed by atoms with Gasteiger partial charge < -0.3 is 25.2 Å². The molecule has 0 spiro atoms. The Kier molecular flexibility index (Phi) is 6.42. The minimum atomic E-state index is -0.581. The summed E-state index contributed by atoms with van der Waals surface area (Å²) in [6, 6.07) is 10.7. The van der Waals surface area contributed by atoms with Crippen molar-refractivity contribution in [2.24, 2.45) is 0 Å². The summed E-state index contributed by atoms with van der Waals surface area (Å²) in [6.07, 6.45) is 0. The molecule has 1 saturated heterocycles. The summed E-state index contributed by atoms with van der Waals surface area (Å²) in [5.41, 5.74) is 1.92. The zero-order valence-corrected chi connectivity index (χ0v) is 19.7. The van der Waals surface area contributed by atoms with E-state index in [0.717, 1.165) is 26.2 Å². The van der Waals surface area contributed by atoms with Gasteiger partial charge in [-0.15, -0.1) is 0 Å². The van der Waals surface area contributed by atoms with Crippen molar-refractivity contribution in [3.05, 3.63) is 59.9 Å². The third kappa shape index (κ3) is 4.73. The molecule has 184 valence electrons. The van der Waals surface area contributed by atoms with Crippen LogP contribution in [0.25, 0.3) is 11.3 Å². The van der Waals surface area contributed by atoms with Crippen LogP contribution in [0.1, 0.15) is 13.8 Å². The normalized spacial score (nSPS) is 15.7. The molecule has 0 saturated carbocycles. The summed E-state index contributed by atoms with van der Waals surface area (Å²) >= 11 is 0. The van der Waals surface area contributed by atoms with Gasteiger partial charge in [0.25, 0.3) is 0 Å². The summed E-state index contributed by atoms with van der Waals surface area (Å²) in [5.74, 6) is -0.991. The van der Waals surface area contributed by atoms with E-state index in [0.29, 0.717) is 41.6 Å². The molecule has 0 atom stereocenters. The van der Waals surface area contributed by atoms with Crippen LogP contribution in [0.2, 0.25) is 0 Å². The van der Waals surface area contributed by atoms with E-state index >= 15 is 0 Å². The molecule has 2 aromatic carbocycles. The molecule has 9 heteroatoms. The summed E-state index contributed by atoms with van der Waals surface area (Å²) in [4.78, 5) is 8.41. The van der Waals surface area contributed by atoms with Crippen molar-refractivity contribution in [2.75, 3.05) is 54.4 Å². The number of halogens is 3. The van der Waals surface area contributed by atoms with E-state index in [4.69, 9.17) is 4.74 Å². The van der Waals surface area contributed by atoms with Gasteiger partial charge in [0.05, 0.1) is 17.9 Å². The van der Waals surface area contributed by atoms with Gasteiger partial charge >= 0.3 is 0 Å². The molecule has 1 fully saturated rings. The average Bonchev–Trinajstić information content (AvgIpc) is 2.85. The van der Waals surface area contributed by atoms with Gasteiger partial charge in [0.15, 0.2) is 11.6 Å². The van der Waals surface area contributed by atoms with Crippen LogP contribution in [-0.2, 0) is 0 Å². The van der Waals surface area contributed by atoms with Crippen LogP contribution in [0.4, 0.5) is 36.1 Å². The molecule has 0 aliphatic carbocycles. The SMILES string of the molecule is CC(C)N1CCOc2c(F)cc(-c3nc(Nc4ccc(N5CCNCC5)c(F)c4)ccc3F)cc21. The van der Waals surface area contributed by atoms with E-state index < -0.39 is 11.6 Å². The summed E-state index contributed by atoms with van der Waals surface area (Å²) in [5, 5.41) is 6.29. The van der Waals surface area contributed by atoms with Crippen LogP contribution in [0, 0.1) is 17.5 Å². The quantitative estimate of drug-likeness (QED) is 0.537. The maximum atomic E-state index is 14.9. The van der Waals surface area contributed by atoms with Gasteiger partial charge in [0.1, 0.15) is 29.8 Å². The number of anilines is 4. The van der Waals surface area contributed by atoms with E-state index in [1.807, 2.05) is 23.6 Å². The molecule has 6 nitrogen and oxygen atoms in total. The van der Waals surface area contributed by atoms with Gasteiger partial charge in [-0.25, -0.2) is 18.2 Å². The molecule has 2 aliphatic heterocycles. The Morgan fingerprint density at radius 3 is 2.46 bits per heavy atom. The number of nitrogens with zero attached hydrogens (tertiary/aromatic N) is 3. The van der Waals surface area contributed by atoms with Crippen LogP contribution in [0.5, 0.6) is 5.75 Å². The highest BCUT2D eigenvalue weighted by Gasteiger charge is 2.25. The summed E-state index contributed by atoms with van der Waals surface area (Å²) < 4.78 is 50.1.